The Labute approximate surface area is 187 Å². The second-order valence-corrected chi connectivity index (χ2v) is 9.91. The Bertz CT molecular complexity index is 975. The van der Waals surface area contributed by atoms with Crippen LogP contribution >= 0.6 is 31.9 Å². The molecule has 2 aliphatic heterocycles. The average molecular weight is 521 g/mol. The Morgan fingerprint density at radius 1 is 1.28 bits per heavy atom. The second-order valence-electron chi connectivity index (χ2n) is 8.14. The summed E-state index contributed by atoms with van der Waals surface area (Å²) in [5, 5.41) is 10.2. The molecule has 0 amide bonds. The van der Waals surface area contributed by atoms with Gasteiger partial charge in [0, 0.05) is 40.6 Å². The van der Waals surface area contributed by atoms with E-state index in [0.29, 0.717) is 6.42 Å². The Balaban J connectivity index is 1.58. The first-order valence-corrected chi connectivity index (χ1v) is 11.5. The zero-order chi connectivity index (χ0) is 20.2. The van der Waals surface area contributed by atoms with Crippen molar-refractivity contribution in [1.82, 2.24) is 4.90 Å². The van der Waals surface area contributed by atoms with Crippen molar-refractivity contribution in [2.75, 3.05) is 13.7 Å². The maximum atomic E-state index is 10.2. The fourth-order valence-corrected chi connectivity index (χ4v) is 5.80. The molecule has 6 heteroatoms. The van der Waals surface area contributed by atoms with Gasteiger partial charge in [-0.3, -0.25) is 4.90 Å². The number of benzene rings is 2. The van der Waals surface area contributed by atoms with Gasteiger partial charge in [0.1, 0.15) is 6.10 Å². The van der Waals surface area contributed by atoms with Crippen molar-refractivity contribution in [2.24, 2.45) is 0 Å². The van der Waals surface area contributed by atoms with E-state index in [1.807, 2.05) is 12.1 Å². The van der Waals surface area contributed by atoms with Gasteiger partial charge in [0.15, 0.2) is 11.5 Å². The van der Waals surface area contributed by atoms with Gasteiger partial charge in [0.2, 0.25) is 0 Å². The number of rotatable bonds is 3. The quantitative estimate of drug-likeness (QED) is 0.582. The van der Waals surface area contributed by atoms with Gasteiger partial charge in [-0.15, -0.1) is 0 Å². The first-order chi connectivity index (χ1) is 14.0. The van der Waals surface area contributed by atoms with E-state index in [2.05, 4.69) is 67.1 Å². The minimum atomic E-state index is -0.458. The van der Waals surface area contributed by atoms with Crippen molar-refractivity contribution in [3.63, 3.8) is 0 Å². The summed E-state index contributed by atoms with van der Waals surface area (Å²) in [6.07, 6.45) is 5.17. The normalized spacial score (nSPS) is 27.7. The number of hydrogen-bond donors (Lipinski definition) is 1. The highest BCUT2D eigenvalue weighted by atomic mass is 79.9. The van der Waals surface area contributed by atoms with Crippen LogP contribution in [0.2, 0.25) is 0 Å². The van der Waals surface area contributed by atoms with Crippen LogP contribution in [0.5, 0.6) is 11.5 Å². The minimum Gasteiger partial charge on any atom is -0.493 e. The molecule has 1 N–H and O–H groups in total. The van der Waals surface area contributed by atoms with Crippen molar-refractivity contribution < 1.29 is 14.6 Å². The van der Waals surface area contributed by atoms with E-state index in [0.717, 1.165) is 46.5 Å². The largest absolute Gasteiger partial charge is 0.493 e. The first-order valence-electron chi connectivity index (χ1n) is 9.91. The topological polar surface area (TPSA) is 41.9 Å². The van der Waals surface area contributed by atoms with E-state index in [9.17, 15) is 5.11 Å². The van der Waals surface area contributed by atoms with Crippen LogP contribution in [-0.2, 0) is 18.5 Å². The summed E-state index contributed by atoms with van der Waals surface area (Å²) in [7, 11) is 1.68. The molecular weight excluding hydrogens is 498 g/mol. The van der Waals surface area contributed by atoms with E-state index in [1.54, 1.807) is 7.11 Å². The van der Waals surface area contributed by atoms with Gasteiger partial charge in [-0.2, -0.15) is 0 Å². The van der Waals surface area contributed by atoms with E-state index in [4.69, 9.17) is 9.47 Å². The van der Waals surface area contributed by atoms with Crippen molar-refractivity contribution in [3.8, 4) is 11.5 Å². The zero-order valence-electron chi connectivity index (χ0n) is 16.2. The molecule has 0 bridgehead atoms. The molecule has 0 radical (unpaired) electrons. The first kappa shape index (κ1) is 19.6. The van der Waals surface area contributed by atoms with Gasteiger partial charge < -0.3 is 14.6 Å². The number of halogens is 2. The lowest BCUT2D eigenvalue weighted by molar-refractivity contribution is 0.0806. The molecule has 1 spiro atoms. The molecule has 1 aliphatic carbocycles. The highest BCUT2D eigenvalue weighted by Gasteiger charge is 2.53. The maximum Gasteiger partial charge on any atom is 0.166 e. The summed E-state index contributed by atoms with van der Waals surface area (Å²) in [6, 6.07) is 10.6. The SMILES string of the molecule is COc1cc(Br)c2c3c1O[C@H]1C[C@@H](O)C=CC31CCN(Cc1ccc(Br)cc1)C2. The van der Waals surface area contributed by atoms with E-state index in [1.165, 1.54) is 16.7 Å². The third kappa shape index (κ3) is 3.25. The van der Waals surface area contributed by atoms with Crippen LogP contribution in [0.15, 0.2) is 51.4 Å². The molecule has 0 saturated heterocycles. The van der Waals surface area contributed by atoms with Crippen LogP contribution in [0.3, 0.4) is 0 Å². The second kappa shape index (κ2) is 7.41. The summed E-state index contributed by atoms with van der Waals surface area (Å²) in [5.74, 6) is 1.61. The molecule has 3 aliphatic rings. The lowest BCUT2D eigenvalue weighted by Crippen LogP contribution is -2.43. The molecule has 29 heavy (non-hydrogen) atoms. The third-order valence-corrected chi connectivity index (χ3v) is 7.67. The molecule has 4 nitrogen and oxygen atoms in total. The molecule has 2 heterocycles. The van der Waals surface area contributed by atoms with Crippen LogP contribution in [0.25, 0.3) is 0 Å². The molecule has 0 aromatic heterocycles. The Hall–Kier alpha value is -1.34. The number of nitrogens with zero attached hydrogens (tertiary/aromatic N) is 1. The summed E-state index contributed by atoms with van der Waals surface area (Å²) < 4.78 is 14.2. The number of hydrogen-bond acceptors (Lipinski definition) is 4. The summed E-state index contributed by atoms with van der Waals surface area (Å²) >= 11 is 7.32. The van der Waals surface area contributed by atoms with E-state index < -0.39 is 6.10 Å². The Morgan fingerprint density at radius 3 is 2.83 bits per heavy atom. The maximum absolute atomic E-state index is 10.2. The smallest absolute Gasteiger partial charge is 0.166 e. The fourth-order valence-electron chi connectivity index (χ4n) is 5.00. The van der Waals surface area contributed by atoms with Crippen LogP contribution < -0.4 is 9.47 Å². The highest BCUT2D eigenvalue weighted by Crippen LogP contribution is 2.57. The van der Waals surface area contributed by atoms with Gasteiger partial charge in [0.05, 0.1) is 18.6 Å². The van der Waals surface area contributed by atoms with Crippen LogP contribution in [0.1, 0.15) is 29.5 Å². The molecule has 0 saturated carbocycles. The van der Waals surface area contributed by atoms with Crippen molar-refractivity contribution in [1.29, 1.82) is 0 Å². The minimum absolute atomic E-state index is 0.0629. The van der Waals surface area contributed by atoms with Crippen LogP contribution in [0, 0.1) is 0 Å². The predicted molar refractivity (Wildman–Crippen MR) is 119 cm³/mol. The molecule has 1 unspecified atom stereocenters. The third-order valence-electron chi connectivity index (χ3n) is 6.43. The standard InChI is InChI=1S/C23H23Br2NO3/c1-28-19-11-18(25)17-13-26(12-14-2-4-15(24)5-3-14)9-8-23-7-6-16(27)10-20(23)29-22(19)21(17)23/h2-7,11,16,20,27H,8-10,12-13H2,1H3/t16-,20-,23?/m0/s1. The number of aliphatic hydroxyl groups excluding tert-OH is 1. The highest BCUT2D eigenvalue weighted by molar-refractivity contribution is 9.10. The summed E-state index contributed by atoms with van der Waals surface area (Å²) in [6.45, 7) is 2.70. The number of aliphatic hydroxyl groups is 1. The molecule has 3 atom stereocenters. The fraction of sp³-hybridized carbons (Fsp3) is 0.391. The molecule has 0 fully saturated rings. The van der Waals surface area contributed by atoms with Gasteiger partial charge >= 0.3 is 0 Å². The van der Waals surface area contributed by atoms with Gasteiger partial charge in [0.25, 0.3) is 0 Å². The summed E-state index contributed by atoms with van der Waals surface area (Å²) in [5.41, 5.74) is 3.58. The van der Waals surface area contributed by atoms with Crippen molar-refractivity contribution in [3.05, 3.63) is 68.1 Å². The summed E-state index contributed by atoms with van der Waals surface area (Å²) in [4.78, 5) is 2.50. The van der Waals surface area contributed by atoms with E-state index in [-0.39, 0.29) is 11.5 Å². The van der Waals surface area contributed by atoms with Gasteiger partial charge in [-0.25, -0.2) is 0 Å². The number of ether oxygens (including phenoxy) is 2. The molecule has 2 aromatic rings. The monoisotopic (exact) mass is 519 g/mol. The van der Waals surface area contributed by atoms with Gasteiger partial charge in [-0.05, 0) is 35.7 Å². The Kier molecular flexibility index (Phi) is 5.01. The van der Waals surface area contributed by atoms with E-state index >= 15 is 0 Å². The molecule has 5 rings (SSSR count). The van der Waals surface area contributed by atoms with Crippen molar-refractivity contribution >= 4 is 31.9 Å². The lowest BCUT2D eigenvalue weighted by atomic mass is 9.69. The predicted octanol–water partition coefficient (Wildman–Crippen LogP) is 4.95. The van der Waals surface area contributed by atoms with Crippen LogP contribution in [0.4, 0.5) is 0 Å². The molecular formula is C23H23Br2NO3. The van der Waals surface area contributed by atoms with Gasteiger partial charge in [-0.1, -0.05) is 56.1 Å². The zero-order valence-corrected chi connectivity index (χ0v) is 19.4. The number of methoxy groups -OCH3 is 1. The molecule has 2 aromatic carbocycles. The average Bonchev–Trinajstić information content (AvgIpc) is 2.94. The Morgan fingerprint density at radius 2 is 2.07 bits per heavy atom. The van der Waals surface area contributed by atoms with Crippen molar-refractivity contribution in [2.45, 2.75) is 43.6 Å². The lowest BCUT2D eigenvalue weighted by Gasteiger charge is -2.36. The molecule has 152 valence electrons. The van der Waals surface area contributed by atoms with Crippen LogP contribution in [-0.4, -0.2) is 35.9 Å².